The van der Waals surface area contributed by atoms with Gasteiger partial charge in [0.05, 0.1) is 6.10 Å². The second-order valence-electron chi connectivity index (χ2n) is 7.74. The molecule has 1 aromatic carbocycles. The molecule has 4 rings (SSSR count). The van der Waals surface area contributed by atoms with Crippen molar-refractivity contribution in [3.05, 3.63) is 34.3 Å². The zero-order chi connectivity index (χ0) is 16.8. The molecule has 0 bridgehead atoms. The van der Waals surface area contributed by atoms with Gasteiger partial charge in [-0.25, -0.2) is 4.79 Å². The van der Waals surface area contributed by atoms with Gasteiger partial charge in [0, 0.05) is 29.4 Å². The van der Waals surface area contributed by atoms with E-state index in [1.807, 2.05) is 4.90 Å². The van der Waals surface area contributed by atoms with Crippen LogP contribution in [0, 0.1) is 0 Å². The molecule has 0 unspecified atom stereocenters. The van der Waals surface area contributed by atoms with Gasteiger partial charge in [-0.05, 0) is 56.2 Å². The average molecular weight is 394 g/mol. The van der Waals surface area contributed by atoms with E-state index in [1.54, 1.807) is 0 Å². The third kappa shape index (κ3) is 3.08. The molecule has 1 saturated heterocycles. The third-order valence-corrected chi connectivity index (χ3v) is 6.60. The fourth-order valence-electron chi connectivity index (χ4n) is 4.21. The molecule has 1 spiro atoms. The molecule has 0 aromatic heterocycles. The summed E-state index contributed by atoms with van der Waals surface area (Å²) in [6.07, 6.45) is 5.86. The van der Waals surface area contributed by atoms with Crippen molar-refractivity contribution in [3.8, 4) is 0 Å². The zero-order valence-corrected chi connectivity index (χ0v) is 15.4. The van der Waals surface area contributed by atoms with Crippen LogP contribution in [0.3, 0.4) is 0 Å². The van der Waals surface area contributed by atoms with Crippen molar-refractivity contribution in [2.45, 2.75) is 62.1 Å². The number of hydrogen-bond acceptors (Lipinski definition) is 3. The highest BCUT2D eigenvalue weighted by atomic mass is 79.9. The summed E-state index contributed by atoms with van der Waals surface area (Å²) >= 11 is 3.48. The van der Waals surface area contributed by atoms with Gasteiger partial charge in [0.25, 0.3) is 0 Å². The number of carbonyl (C=O) groups is 1. The molecule has 1 aromatic rings. The Hall–Kier alpha value is -1.07. The van der Waals surface area contributed by atoms with Gasteiger partial charge >= 0.3 is 6.09 Å². The topological polar surface area (TPSA) is 49.8 Å². The summed E-state index contributed by atoms with van der Waals surface area (Å²) in [5.41, 5.74) is 1.12. The lowest BCUT2D eigenvalue weighted by Crippen LogP contribution is -2.53. The zero-order valence-electron chi connectivity index (χ0n) is 13.8. The summed E-state index contributed by atoms with van der Waals surface area (Å²) in [7, 11) is 0. The second kappa shape index (κ2) is 6.03. The number of nitrogens with zero attached hydrogens (tertiary/aromatic N) is 1. The van der Waals surface area contributed by atoms with Gasteiger partial charge in [0.2, 0.25) is 0 Å². The van der Waals surface area contributed by atoms with E-state index in [4.69, 9.17) is 4.74 Å². The fourth-order valence-corrected chi connectivity index (χ4v) is 4.48. The van der Waals surface area contributed by atoms with E-state index >= 15 is 0 Å². The highest BCUT2D eigenvalue weighted by molar-refractivity contribution is 9.10. The minimum Gasteiger partial charge on any atom is -0.443 e. The van der Waals surface area contributed by atoms with Crippen molar-refractivity contribution < 1.29 is 14.6 Å². The predicted molar refractivity (Wildman–Crippen MR) is 94.9 cm³/mol. The van der Waals surface area contributed by atoms with E-state index in [0.717, 1.165) is 62.5 Å². The van der Waals surface area contributed by atoms with Crippen molar-refractivity contribution in [3.63, 3.8) is 0 Å². The monoisotopic (exact) mass is 393 g/mol. The van der Waals surface area contributed by atoms with E-state index in [2.05, 4.69) is 40.2 Å². The lowest BCUT2D eigenvalue weighted by atomic mass is 9.80. The summed E-state index contributed by atoms with van der Waals surface area (Å²) in [6.45, 7) is 1.53. The van der Waals surface area contributed by atoms with Crippen LogP contribution in [0.2, 0.25) is 0 Å². The van der Waals surface area contributed by atoms with Crippen LogP contribution in [0.25, 0.3) is 0 Å². The second-order valence-corrected chi connectivity index (χ2v) is 8.66. The molecule has 2 saturated carbocycles. The lowest BCUT2D eigenvalue weighted by molar-refractivity contribution is -0.0864. The van der Waals surface area contributed by atoms with Crippen LogP contribution in [0.4, 0.5) is 4.79 Å². The Morgan fingerprint density at radius 1 is 1.12 bits per heavy atom. The summed E-state index contributed by atoms with van der Waals surface area (Å²) in [4.78, 5) is 14.5. The van der Waals surface area contributed by atoms with Crippen LogP contribution in [0.1, 0.15) is 50.5 Å². The van der Waals surface area contributed by atoms with Crippen LogP contribution >= 0.6 is 15.9 Å². The van der Waals surface area contributed by atoms with E-state index in [1.165, 1.54) is 5.56 Å². The summed E-state index contributed by atoms with van der Waals surface area (Å²) < 4.78 is 6.96. The minimum atomic E-state index is -0.318. The maximum atomic E-state index is 12.6. The fraction of sp³-hybridized carbons (Fsp3) is 0.632. The summed E-state index contributed by atoms with van der Waals surface area (Å²) in [6, 6.07) is 8.48. The van der Waals surface area contributed by atoms with Gasteiger partial charge < -0.3 is 14.7 Å². The minimum absolute atomic E-state index is 0.118. The van der Waals surface area contributed by atoms with Crippen molar-refractivity contribution in [1.29, 1.82) is 0 Å². The number of aliphatic hydroxyl groups excluding tert-OH is 1. The third-order valence-electron chi connectivity index (χ3n) is 6.07. The number of carbonyl (C=O) groups excluding carboxylic acids is 1. The molecule has 130 valence electrons. The molecule has 0 radical (unpaired) electrons. The Morgan fingerprint density at radius 3 is 2.38 bits per heavy atom. The SMILES string of the molecule is O=C1OC2(CCC(O)CC2)CCN1CC1(c2ccc(Br)cc2)CC1. The van der Waals surface area contributed by atoms with Gasteiger partial charge in [-0.3, -0.25) is 0 Å². The van der Waals surface area contributed by atoms with Crippen LogP contribution in [-0.2, 0) is 10.2 Å². The number of ether oxygens (including phenoxy) is 1. The van der Waals surface area contributed by atoms with Crippen molar-refractivity contribution >= 4 is 22.0 Å². The summed E-state index contributed by atoms with van der Waals surface area (Å²) in [5, 5.41) is 9.69. The molecule has 4 nitrogen and oxygen atoms in total. The van der Waals surface area contributed by atoms with E-state index in [9.17, 15) is 9.90 Å². The highest BCUT2D eigenvalue weighted by Crippen LogP contribution is 2.49. The first kappa shape index (κ1) is 16.4. The van der Waals surface area contributed by atoms with Gasteiger partial charge in [-0.2, -0.15) is 0 Å². The van der Waals surface area contributed by atoms with Gasteiger partial charge in [-0.15, -0.1) is 0 Å². The van der Waals surface area contributed by atoms with E-state index in [-0.39, 0.29) is 23.2 Å². The van der Waals surface area contributed by atoms with Gasteiger partial charge in [-0.1, -0.05) is 28.1 Å². The van der Waals surface area contributed by atoms with Gasteiger partial charge in [0.15, 0.2) is 0 Å². The quantitative estimate of drug-likeness (QED) is 0.843. The molecule has 0 atom stereocenters. The molecular weight excluding hydrogens is 370 g/mol. The van der Waals surface area contributed by atoms with Crippen molar-refractivity contribution in [2.75, 3.05) is 13.1 Å². The predicted octanol–water partition coefficient (Wildman–Crippen LogP) is 4.00. The molecule has 1 heterocycles. The number of rotatable bonds is 3. The van der Waals surface area contributed by atoms with Crippen molar-refractivity contribution in [1.82, 2.24) is 4.90 Å². The van der Waals surface area contributed by atoms with Crippen LogP contribution in [-0.4, -0.2) is 40.9 Å². The molecule has 5 heteroatoms. The molecule has 3 aliphatic rings. The Morgan fingerprint density at radius 2 is 1.79 bits per heavy atom. The normalized spacial score (nSPS) is 31.8. The molecule has 2 aliphatic carbocycles. The molecule has 24 heavy (non-hydrogen) atoms. The first-order chi connectivity index (χ1) is 11.5. The number of amides is 1. The van der Waals surface area contributed by atoms with E-state index in [0.29, 0.717) is 0 Å². The lowest BCUT2D eigenvalue weighted by Gasteiger charge is -2.45. The number of halogens is 1. The largest absolute Gasteiger partial charge is 0.443 e. The number of aliphatic hydroxyl groups is 1. The van der Waals surface area contributed by atoms with Crippen LogP contribution < -0.4 is 0 Å². The highest BCUT2D eigenvalue weighted by Gasteiger charge is 2.49. The maximum Gasteiger partial charge on any atom is 0.410 e. The number of hydrogen-bond donors (Lipinski definition) is 1. The van der Waals surface area contributed by atoms with Gasteiger partial charge in [0.1, 0.15) is 5.60 Å². The molecule has 1 N–H and O–H groups in total. The summed E-state index contributed by atoms with van der Waals surface area (Å²) in [5.74, 6) is 0. The molecule has 1 aliphatic heterocycles. The maximum absolute atomic E-state index is 12.6. The standard InChI is InChI=1S/C19H24BrNO3/c20-15-3-1-14(2-4-15)18(9-10-18)13-21-12-11-19(24-17(21)23)7-5-16(22)6-8-19/h1-4,16,22H,5-13H2. The average Bonchev–Trinajstić information content (AvgIpc) is 3.35. The Kier molecular flexibility index (Phi) is 4.12. The Balaban J connectivity index is 1.42. The smallest absolute Gasteiger partial charge is 0.410 e. The Labute approximate surface area is 151 Å². The first-order valence-electron chi connectivity index (χ1n) is 8.92. The molecule has 1 amide bonds. The molecular formula is C19H24BrNO3. The van der Waals surface area contributed by atoms with Crippen LogP contribution in [0.15, 0.2) is 28.7 Å². The van der Waals surface area contributed by atoms with Crippen molar-refractivity contribution in [2.24, 2.45) is 0 Å². The molecule has 3 fully saturated rings. The van der Waals surface area contributed by atoms with E-state index < -0.39 is 0 Å². The Bertz CT molecular complexity index is 618. The van der Waals surface area contributed by atoms with Crippen LogP contribution in [0.5, 0.6) is 0 Å². The first-order valence-corrected chi connectivity index (χ1v) is 9.72. The number of benzene rings is 1.